The molecule has 0 aromatic carbocycles. The van der Waals surface area contributed by atoms with Crippen LogP contribution >= 0.6 is 0 Å². The summed E-state index contributed by atoms with van der Waals surface area (Å²) in [5.41, 5.74) is -0.634. The molecule has 0 fully saturated rings. The standard InChI is InChI=1S/C9H9F2NO3/c1-14-6-3-12-5(4-13)8(15-2)7(6)9(10)11/h3-4,9H,1-2H3. The lowest BCUT2D eigenvalue weighted by atomic mass is 10.2. The lowest BCUT2D eigenvalue weighted by Gasteiger charge is -2.12. The normalized spacial score (nSPS) is 10.2. The molecule has 0 bridgehead atoms. The first-order chi connectivity index (χ1) is 7.15. The highest BCUT2D eigenvalue weighted by atomic mass is 19.3. The average molecular weight is 217 g/mol. The molecule has 0 N–H and O–H groups in total. The lowest BCUT2D eigenvalue weighted by Crippen LogP contribution is -2.03. The summed E-state index contributed by atoms with van der Waals surface area (Å²) >= 11 is 0. The third-order valence-electron chi connectivity index (χ3n) is 1.82. The minimum absolute atomic E-state index is 0.104. The molecule has 1 heterocycles. The van der Waals surface area contributed by atoms with Gasteiger partial charge >= 0.3 is 0 Å². The van der Waals surface area contributed by atoms with Crippen LogP contribution in [0, 0.1) is 0 Å². The Balaban J connectivity index is 3.44. The second-order valence-electron chi connectivity index (χ2n) is 2.58. The van der Waals surface area contributed by atoms with E-state index in [0.29, 0.717) is 6.29 Å². The number of hydrogen-bond donors (Lipinski definition) is 0. The van der Waals surface area contributed by atoms with Crippen molar-refractivity contribution < 1.29 is 23.0 Å². The third kappa shape index (κ3) is 2.03. The molecule has 82 valence electrons. The molecule has 0 aliphatic rings. The van der Waals surface area contributed by atoms with Crippen LogP contribution in [-0.4, -0.2) is 25.5 Å². The fourth-order valence-corrected chi connectivity index (χ4v) is 1.17. The number of carbonyl (C=O) groups is 1. The summed E-state index contributed by atoms with van der Waals surface area (Å²) in [6.07, 6.45) is -1.38. The van der Waals surface area contributed by atoms with E-state index >= 15 is 0 Å². The second kappa shape index (κ2) is 4.68. The van der Waals surface area contributed by atoms with Crippen molar-refractivity contribution in [3.05, 3.63) is 17.5 Å². The zero-order valence-corrected chi connectivity index (χ0v) is 8.16. The van der Waals surface area contributed by atoms with Crippen molar-refractivity contribution in [1.29, 1.82) is 0 Å². The van der Waals surface area contributed by atoms with Gasteiger partial charge in [0.15, 0.2) is 12.0 Å². The monoisotopic (exact) mass is 217 g/mol. The maximum Gasteiger partial charge on any atom is 0.271 e. The van der Waals surface area contributed by atoms with Crippen molar-refractivity contribution in [3.63, 3.8) is 0 Å². The predicted octanol–water partition coefficient (Wildman–Crippen LogP) is 1.85. The quantitative estimate of drug-likeness (QED) is 0.722. The zero-order chi connectivity index (χ0) is 11.4. The Morgan fingerprint density at radius 1 is 1.40 bits per heavy atom. The molecular weight excluding hydrogens is 208 g/mol. The molecule has 0 saturated carbocycles. The van der Waals surface area contributed by atoms with Gasteiger partial charge in [-0.25, -0.2) is 13.8 Å². The Hall–Kier alpha value is -1.72. The molecule has 1 aromatic rings. The first kappa shape index (κ1) is 11.4. The van der Waals surface area contributed by atoms with Gasteiger partial charge in [-0.05, 0) is 0 Å². The Morgan fingerprint density at radius 3 is 2.47 bits per heavy atom. The number of ether oxygens (including phenoxy) is 2. The maximum absolute atomic E-state index is 12.7. The second-order valence-corrected chi connectivity index (χ2v) is 2.58. The number of aromatic nitrogens is 1. The van der Waals surface area contributed by atoms with Crippen LogP contribution in [0.3, 0.4) is 0 Å². The fraction of sp³-hybridized carbons (Fsp3) is 0.333. The molecule has 6 heteroatoms. The van der Waals surface area contributed by atoms with Crippen LogP contribution < -0.4 is 9.47 Å². The minimum atomic E-state index is -2.79. The van der Waals surface area contributed by atoms with Gasteiger partial charge in [-0.2, -0.15) is 0 Å². The van der Waals surface area contributed by atoms with Gasteiger partial charge in [0.05, 0.1) is 20.4 Å². The molecule has 0 saturated heterocycles. The van der Waals surface area contributed by atoms with E-state index in [2.05, 4.69) is 4.98 Å². The van der Waals surface area contributed by atoms with Crippen molar-refractivity contribution in [3.8, 4) is 11.5 Å². The molecular formula is C9H9F2NO3. The number of pyridine rings is 1. The summed E-state index contributed by atoms with van der Waals surface area (Å²) in [6.45, 7) is 0. The van der Waals surface area contributed by atoms with Crippen LogP contribution in [0.1, 0.15) is 22.5 Å². The third-order valence-corrected chi connectivity index (χ3v) is 1.82. The molecule has 1 rings (SSSR count). The molecule has 4 nitrogen and oxygen atoms in total. The van der Waals surface area contributed by atoms with Crippen molar-refractivity contribution in [1.82, 2.24) is 4.98 Å². The lowest BCUT2D eigenvalue weighted by molar-refractivity contribution is 0.111. The number of aldehydes is 1. The Labute approximate surface area is 84.8 Å². The first-order valence-electron chi connectivity index (χ1n) is 3.99. The summed E-state index contributed by atoms with van der Waals surface area (Å²) in [6, 6.07) is 0. The largest absolute Gasteiger partial charge is 0.494 e. The van der Waals surface area contributed by atoms with Gasteiger partial charge in [0.2, 0.25) is 0 Å². The number of hydrogen-bond acceptors (Lipinski definition) is 4. The van der Waals surface area contributed by atoms with E-state index in [0.717, 1.165) is 6.20 Å². The molecule has 0 radical (unpaired) electrons. The molecule has 0 amide bonds. The highest BCUT2D eigenvalue weighted by Gasteiger charge is 2.23. The van der Waals surface area contributed by atoms with E-state index in [1.165, 1.54) is 14.2 Å². The van der Waals surface area contributed by atoms with Crippen LogP contribution in [0.2, 0.25) is 0 Å². The van der Waals surface area contributed by atoms with Crippen LogP contribution in [0.4, 0.5) is 8.78 Å². The first-order valence-corrected chi connectivity index (χ1v) is 3.99. The van der Waals surface area contributed by atoms with E-state index in [1.54, 1.807) is 0 Å². The van der Waals surface area contributed by atoms with E-state index < -0.39 is 12.0 Å². The van der Waals surface area contributed by atoms with Gasteiger partial charge < -0.3 is 9.47 Å². The summed E-state index contributed by atoms with van der Waals surface area (Å²) in [7, 11) is 2.43. The highest BCUT2D eigenvalue weighted by molar-refractivity contribution is 5.78. The van der Waals surface area contributed by atoms with Gasteiger partial charge in [-0.3, -0.25) is 4.79 Å². The number of methoxy groups -OCH3 is 2. The maximum atomic E-state index is 12.7. The van der Waals surface area contributed by atoms with Crippen LogP contribution in [0.15, 0.2) is 6.20 Å². The number of nitrogens with zero attached hydrogens (tertiary/aromatic N) is 1. The molecule has 15 heavy (non-hydrogen) atoms. The number of rotatable bonds is 4. The smallest absolute Gasteiger partial charge is 0.271 e. The van der Waals surface area contributed by atoms with Crippen molar-refractivity contribution in [2.24, 2.45) is 0 Å². The Morgan fingerprint density at radius 2 is 2.07 bits per heavy atom. The summed E-state index contributed by atoms with van der Waals surface area (Å²) in [5.74, 6) is -0.355. The van der Waals surface area contributed by atoms with Crippen molar-refractivity contribution in [2.75, 3.05) is 14.2 Å². The van der Waals surface area contributed by atoms with E-state index in [9.17, 15) is 13.6 Å². The van der Waals surface area contributed by atoms with Gasteiger partial charge in [0.25, 0.3) is 6.43 Å². The average Bonchev–Trinajstić information content (AvgIpc) is 2.26. The molecule has 0 unspecified atom stereocenters. The van der Waals surface area contributed by atoms with Gasteiger partial charge in [-0.15, -0.1) is 0 Å². The predicted molar refractivity (Wildman–Crippen MR) is 47.7 cm³/mol. The number of carbonyl (C=O) groups excluding carboxylic acids is 1. The molecule has 0 aliphatic heterocycles. The van der Waals surface area contributed by atoms with Crippen molar-refractivity contribution in [2.45, 2.75) is 6.43 Å². The van der Waals surface area contributed by atoms with Gasteiger partial charge in [0, 0.05) is 0 Å². The van der Waals surface area contributed by atoms with Gasteiger partial charge in [-0.1, -0.05) is 0 Å². The van der Waals surface area contributed by atoms with Crippen molar-refractivity contribution >= 4 is 6.29 Å². The summed E-state index contributed by atoms with van der Waals surface area (Å²) in [4.78, 5) is 14.2. The number of halogens is 2. The minimum Gasteiger partial charge on any atom is -0.494 e. The molecule has 0 spiro atoms. The molecule has 1 aromatic heterocycles. The SMILES string of the molecule is COc1cnc(C=O)c(OC)c1C(F)F. The summed E-state index contributed by atoms with van der Waals surface area (Å²) in [5, 5.41) is 0. The highest BCUT2D eigenvalue weighted by Crippen LogP contribution is 2.37. The molecule has 0 atom stereocenters. The van der Waals surface area contributed by atoms with Crippen LogP contribution in [0.25, 0.3) is 0 Å². The summed E-state index contributed by atoms with van der Waals surface area (Å²) < 4.78 is 34.8. The van der Waals surface area contributed by atoms with Gasteiger partial charge in [0.1, 0.15) is 17.0 Å². The van der Waals surface area contributed by atoms with E-state index in [4.69, 9.17) is 9.47 Å². The Bertz CT molecular complexity index is 369. The fourth-order valence-electron chi connectivity index (χ4n) is 1.17. The van der Waals surface area contributed by atoms with Crippen LogP contribution in [-0.2, 0) is 0 Å². The number of alkyl halides is 2. The topological polar surface area (TPSA) is 48.4 Å². The van der Waals surface area contributed by atoms with E-state index in [-0.39, 0.29) is 17.2 Å². The zero-order valence-electron chi connectivity index (χ0n) is 8.16. The Kier molecular flexibility index (Phi) is 3.54. The van der Waals surface area contributed by atoms with E-state index in [1.807, 2.05) is 0 Å². The van der Waals surface area contributed by atoms with Crippen LogP contribution in [0.5, 0.6) is 11.5 Å². The molecule has 0 aliphatic carbocycles.